The lowest BCUT2D eigenvalue weighted by Gasteiger charge is -2.22. The van der Waals surface area contributed by atoms with Gasteiger partial charge in [-0.25, -0.2) is 9.97 Å². The van der Waals surface area contributed by atoms with E-state index in [1.165, 1.54) is 5.56 Å². The van der Waals surface area contributed by atoms with Gasteiger partial charge in [-0.05, 0) is 48.4 Å². The van der Waals surface area contributed by atoms with Crippen molar-refractivity contribution in [1.82, 2.24) is 19.9 Å². The topological polar surface area (TPSA) is 69.0 Å². The first-order valence-electron chi connectivity index (χ1n) is 11.0. The molecule has 1 amide bonds. The van der Waals surface area contributed by atoms with E-state index >= 15 is 0 Å². The number of nitrogens with one attached hydrogen (secondary N) is 1. The number of aromatic nitrogens is 3. The summed E-state index contributed by atoms with van der Waals surface area (Å²) in [4.78, 5) is 22.0. The number of amides is 1. The number of benzene rings is 1. The number of hydrogen-bond acceptors (Lipinski definition) is 5. The van der Waals surface area contributed by atoms with Crippen molar-refractivity contribution in [2.75, 3.05) is 19.8 Å². The Labute approximate surface area is 191 Å². The number of hydrogen-bond donors (Lipinski definition) is 1. The first-order valence-corrected chi connectivity index (χ1v) is 11.8. The molecule has 0 atom stereocenters. The Morgan fingerprint density at radius 3 is 2.78 bits per heavy atom. The molecule has 1 aliphatic heterocycles. The van der Waals surface area contributed by atoms with Gasteiger partial charge in [-0.2, -0.15) is 0 Å². The largest absolute Gasteiger partial charge is 0.381 e. The number of nitrogens with zero attached hydrogens (tertiary/aromatic N) is 3. The van der Waals surface area contributed by atoms with E-state index < -0.39 is 0 Å². The van der Waals surface area contributed by atoms with Gasteiger partial charge in [0.2, 0.25) is 0 Å². The summed E-state index contributed by atoms with van der Waals surface area (Å²) in [5.74, 6) is 0.363. The fourth-order valence-corrected chi connectivity index (χ4v) is 4.84. The molecule has 3 aromatic heterocycles. The van der Waals surface area contributed by atoms with E-state index in [9.17, 15) is 4.79 Å². The predicted molar refractivity (Wildman–Crippen MR) is 127 cm³/mol. The van der Waals surface area contributed by atoms with Crippen molar-refractivity contribution >= 4 is 28.3 Å². The van der Waals surface area contributed by atoms with Gasteiger partial charge >= 0.3 is 0 Å². The maximum Gasteiger partial charge on any atom is 0.269 e. The van der Waals surface area contributed by atoms with Crippen LogP contribution >= 0.6 is 11.3 Å². The van der Waals surface area contributed by atoms with Crippen LogP contribution in [-0.2, 0) is 18.2 Å². The quantitative estimate of drug-likeness (QED) is 0.475. The molecule has 32 heavy (non-hydrogen) atoms. The summed E-state index contributed by atoms with van der Waals surface area (Å²) < 4.78 is 7.39. The van der Waals surface area contributed by atoms with Gasteiger partial charge in [-0.1, -0.05) is 24.3 Å². The van der Waals surface area contributed by atoms with Gasteiger partial charge in [0, 0.05) is 55.5 Å². The first kappa shape index (κ1) is 20.8. The van der Waals surface area contributed by atoms with Crippen LogP contribution in [0.4, 0.5) is 0 Å². The second kappa shape index (κ2) is 9.22. The lowest BCUT2D eigenvalue weighted by molar-refractivity contribution is 0.0642. The van der Waals surface area contributed by atoms with Crippen LogP contribution in [0, 0.1) is 5.92 Å². The molecule has 0 saturated carbocycles. The van der Waals surface area contributed by atoms with Crippen LogP contribution in [0.15, 0.2) is 54.2 Å². The van der Waals surface area contributed by atoms with Crippen LogP contribution in [0.2, 0.25) is 0 Å². The van der Waals surface area contributed by atoms with Crippen LogP contribution in [0.3, 0.4) is 0 Å². The van der Waals surface area contributed by atoms with E-state index in [4.69, 9.17) is 4.74 Å². The number of carbonyl (C=O) groups is 1. The van der Waals surface area contributed by atoms with E-state index in [0.29, 0.717) is 18.2 Å². The molecular weight excluding hydrogens is 420 g/mol. The predicted octanol–water partition coefficient (Wildman–Crippen LogP) is 4.44. The lowest BCUT2D eigenvalue weighted by Crippen LogP contribution is -2.32. The molecule has 0 spiro atoms. The molecule has 1 N–H and O–H groups in total. The van der Waals surface area contributed by atoms with Crippen molar-refractivity contribution < 1.29 is 9.53 Å². The van der Waals surface area contributed by atoms with Crippen molar-refractivity contribution in [3.05, 3.63) is 71.0 Å². The fourth-order valence-electron chi connectivity index (χ4n) is 4.19. The van der Waals surface area contributed by atoms with Crippen LogP contribution in [0.1, 0.15) is 34.5 Å². The molecule has 5 rings (SSSR count). The summed E-state index contributed by atoms with van der Waals surface area (Å²) in [5, 5.41) is 7.18. The van der Waals surface area contributed by atoms with Gasteiger partial charge in [0.05, 0.1) is 0 Å². The number of rotatable bonds is 6. The highest BCUT2D eigenvalue weighted by Crippen LogP contribution is 2.25. The average Bonchev–Trinajstić information content (AvgIpc) is 3.49. The Bertz CT molecular complexity index is 1210. The minimum Gasteiger partial charge on any atom is -0.381 e. The highest BCUT2D eigenvalue weighted by molar-refractivity contribution is 7.13. The van der Waals surface area contributed by atoms with E-state index in [-0.39, 0.29) is 5.91 Å². The van der Waals surface area contributed by atoms with Crippen LogP contribution in [-0.4, -0.2) is 40.2 Å². The second-order valence-corrected chi connectivity index (χ2v) is 9.20. The van der Waals surface area contributed by atoms with Gasteiger partial charge in [0.25, 0.3) is 5.91 Å². The Hall–Kier alpha value is -3.03. The molecule has 4 aromatic rings. The van der Waals surface area contributed by atoms with Crippen molar-refractivity contribution in [3.8, 4) is 10.6 Å². The van der Waals surface area contributed by atoms with Crippen molar-refractivity contribution in [1.29, 1.82) is 0 Å². The fraction of sp³-hybridized carbons (Fsp3) is 0.320. The number of thiazole rings is 1. The maximum atomic E-state index is 12.9. The molecular formula is C25H26N4O2S. The van der Waals surface area contributed by atoms with Crippen molar-refractivity contribution in [3.63, 3.8) is 0 Å². The zero-order valence-corrected chi connectivity index (χ0v) is 18.9. The van der Waals surface area contributed by atoms with E-state index in [2.05, 4.69) is 45.6 Å². The summed E-state index contributed by atoms with van der Waals surface area (Å²) in [5.41, 5.74) is 4.72. The lowest BCUT2D eigenvalue weighted by atomic mass is 10.00. The summed E-state index contributed by atoms with van der Waals surface area (Å²) in [6.07, 6.45) is 6.54. The Kier molecular flexibility index (Phi) is 6.01. The van der Waals surface area contributed by atoms with Gasteiger partial charge in [-0.15, -0.1) is 11.3 Å². The monoisotopic (exact) mass is 446 g/mol. The van der Waals surface area contributed by atoms with Crippen molar-refractivity contribution in [2.45, 2.75) is 19.3 Å². The molecule has 1 fully saturated rings. The molecule has 0 bridgehead atoms. The van der Waals surface area contributed by atoms with Crippen LogP contribution in [0.25, 0.3) is 21.6 Å². The third-order valence-corrected chi connectivity index (χ3v) is 6.90. The summed E-state index contributed by atoms with van der Waals surface area (Å²) in [6.45, 7) is 2.22. The van der Waals surface area contributed by atoms with E-state index in [1.807, 2.05) is 35.5 Å². The molecule has 7 heteroatoms. The minimum absolute atomic E-state index is 0.111. The summed E-state index contributed by atoms with van der Waals surface area (Å²) >= 11 is 1.64. The van der Waals surface area contributed by atoms with Gasteiger partial charge in [0.1, 0.15) is 16.3 Å². The number of carbonyl (C=O) groups excluding carboxylic acids is 1. The molecule has 0 radical (unpaired) electrons. The van der Waals surface area contributed by atoms with Crippen molar-refractivity contribution in [2.24, 2.45) is 13.0 Å². The van der Waals surface area contributed by atoms with E-state index in [0.717, 1.165) is 59.6 Å². The van der Waals surface area contributed by atoms with E-state index in [1.54, 1.807) is 11.3 Å². The molecule has 6 nitrogen and oxygen atoms in total. The van der Waals surface area contributed by atoms with Gasteiger partial charge in [-0.3, -0.25) is 4.79 Å². The van der Waals surface area contributed by atoms with Gasteiger partial charge < -0.3 is 14.6 Å². The smallest absolute Gasteiger partial charge is 0.269 e. The minimum atomic E-state index is -0.111. The highest BCUT2D eigenvalue weighted by Gasteiger charge is 2.18. The van der Waals surface area contributed by atoms with Crippen LogP contribution < -0.4 is 5.32 Å². The molecule has 1 aromatic carbocycles. The number of fused-ring (bicyclic) bond motifs is 1. The van der Waals surface area contributed by atoms with Crippen LogP contribution in [0.5, 0.6) is 0 Å². The molecule has 1 saturated heterocycles. The number of aryl methyl sites for hydroxylation is 1. The van der Waals surface area contributed by atoms with Gasteiger partial charge in [0.15, 0.2) is 0 Å². The standard InChI is InChI=1S/C25H26N4O2S/c1-29-10-6-21-20(14-17-2-4-19(5-3-17)25-26-9-13-32-25)15-22(28-23(21)29)24(30)27-16-18-7-11-31-12-8-18/h2-6,9-10,13,15,18H,7-8,11-12,14,16H2,1H3,(H,27,30). The molecule has 0 aliphatic carbocycles. The summed E-state index contributed by atoms with van der Waals surface area (Å²) in [6, 6.07) is 12.5. The maximum absolute atomic E-state index is 12.9. The summed E-state index contributed by atoms with van der Waals surface area (Å²) in [7, 11) is 1.96. The zero-order chi connectivity index (χ0) is 21.9. The molecule has 0 unspecified atom stereocenters. The number of pyridine rings is 1. The number of ether oxygens (including phenoxy) is 1. The molecule has 1 aliphatic rings. The third-order valence-electron chi connectivity index (χ3n) is 6.08. The normalized spacial score (nSPS) is 14.7. The third kappa shape index (κ3) is 4.45. The zero-order valence-electron chi connectivity index (χ0n) is 18.1. The SMILES string of the molecule is Cn1ccc2c(Cc3ccc(-c4nccs4)cc3)cc(C(=O)NCC3CCOCC3)nc21. The second-order valence-electron chi connectivity index (χ2n) is 8.31. The Morgan fingerprint density at radius 2 is 2.03 bits per heavy atom. The first-order chi connectivity index (χ1) is 15.7. The highest BCUT2D eigenvalue weighted by atomic mass is 32.1. The molecule has 164 valence electrons. The Morgan fingerprint density at radius 1 is 1.22 bits per heavy atom. The Balaban J connectivity index is 1.38. The average molecular weight is 447 g/mol. The molecule has 4 heterocycles.